The van der Waals surface area contributed by atoms with Crippen LogP contribution in [0.1, 0.15) is 19.5 Å². The Labute approximate surface area is 156 Å². The summed E-state index contributed by atoms with van der Waals surface area (Å²) < 4.78 is -0.653. The largest absolute Gasteiger partial charge is 0.480 e. The van der Waals surface area contributed by atoms with Gasteiger partial charge in [-0.25, -0.2) is 9.78 Å². The number of nitrogens with zero attached hydrogens (tertiary/aromatic N) is 2. The number of anilines is 1. The van der Waals surface area contributed by atoms with Crippen molar-refractivity contribution in [1.29, 1.82) is 0 Å². The van der Waals surface area contributed by atoms with Gasteiger partial charge in [0.25, 0.3) is 5.91 Å². The predicted molar refractivity (Wildman–Crippen MR) is 96.0 cm³/mol. The van der Waals surface area contributed by atoms with Crippen LogP contribution in [0.15, 0.2) is 10.9 Å². The minimum atomic E-state index is -1.06. The molecule has 2 aliphatic heterocycles. The SMILES string of the molecule is CC1(C)S[C@@H]2C(NC(=O)C(=CCl)c3csc(N)n3)C(=O)N2[C@H]1C(=O)O. The van der Waals surface area contributed by atoms with Gasteiger partial charge in [0.15, 0.2) is 5.13 Å². The average molecular weight is 403 g/mol. The van der Waals surface area contributed by atoms with Gasteiger partial charge in [0.05, 0.1) is 11.3 Å². The molecular weight excluding hydrogens is 388 g/mol. The van der Waals surface area contributed by atoms with E-state index in [0.29, 0.717) is 10.8 Å². The lowest BCUT2D eigenvalue weighted by Gasteiger charge is -2.43. The molecule has 2 saturated heterocycles. The topological polar surface area (TPSA) is 126 Å². The summed E-state index contributed by atoms with van der Waals surface area (Å²) in [7, 11) is 0. The Morgan fingerprint density at radius 2 is 2.20 bits per heavy atom. The Kier molecular flexibility index (Phi) is 4.46. The minimum absolute atomic E-state index is 0.0953. The Bertz CT molecular complexity index is 794. The van der Waals surface area contributed by atoms with Crippen LogP contribution in [0.4, 0.5) is 5.13 Å². The molecule has 134 valence electrons. The van der Waals surface area contributed by atoms with Crippen molar-refractivity contribution < 1.29 is 19.5 Å². The van der Waals surface area contributed by atoms with E-state index in [0.717, 1.165) is 5.54 Å². The Hall–Kier alpha value is -1.78. The number of aliphatic carboxylic acids is 1. The number of rotatable bonds is 4. The lowest BCUT2D eigenvalue weighted by Crippen LogP contribution is -2.70. The molecule has 0 radical (unpaired) electrons. The number of thioether (sulfide) groups is 1. The molecule has 3 atom stereocenters. The summed E-state index contributed by atoms with van der Waals surface area (Å²) in [6.45, 7) is 3.53. The van der Waals surface area contributed by atoms with E-state index in [2.05, 4.69) is 10.3 Å². The van der Waals surface area contributed by atoms with Crippen LogP contribution >= 0.6 is 34.7 Å². The molecule has 1 aromatic heterocycles. The van der Waals surface area contributed by atoms with Crippen LogP contribution in [0.5, 0.6) is 0 Å². The van der Waals surface area contributed by atoms with Crippen molar-refractivity contribution in [1.82, 2.24) is 15.2 Å². The molecule has 25 heavy (non-hydrogen) atoms. The number of β-lactam (4-membered cyclic amide) rings is 1. The normalized spacial score (nSPS) is 27.6. The Balaban J connectivity index is 1.76. The highest BCUT2D eigenvalue weighted by Crippen LogP contribution is 2.50. The third-order valence-electron chi connectivity index (χ3n) is 4.11. The van der Waals surface area contributed by atoms with Crippen LogP contribution < -0.4 is 11.1 Å². The zero-order valence-corrected chi connectivity index (χ0v) is 15.6. The van der Waals surface area contributed by atoms with Gasteiger partial charge in [-0.3, -0.25) is 9.59 Å². The van der Waals surface area contributed by atoms with Crippen LogP contribution in [0.25, 0.3) is 5.57 Å². The molecule has 0 saturated carbocycles. The van der Waals surface area contributed by atoms with E-state index in [4.69, 9.17) is 17.3 Å². The number of fused-ring (bicyclic) bond motifs is 1. The molecule has 11 heteroatoms. The van der Waals surface area contributed by atoms with Gasteiger partial charge in [0, 0.05) is 15.7 Å². The van der Waals surface area contributed by atoms with Gasteiger partial charge < -0.3 is 21.1 Å². The van der Waals surface area contributed by atoms with Gasteiger partial charge >= 0.3 is 5.97 Å². The molecule has 1 unspecified atom stereocenters. The minimum Gasteiger partial charge on any atom is -0.480 e. The van der Waals surface area contributed by atoms with Gasteiger partial charge in [-0.2, -0.15) is 0 Å². The summed E-state index contributed by atoms with van der Waals surface area (Å²) in [6, 6.07) is -1.73. The Morgan fingerprint density at radius 1 is 1.52 bits per heavy atom. The average Bonchev–Trinajstić information content (AvgIpc) is 3.05. The van der Waals surface area contributed by atoms with E-state index < -0.39 is 40.0 Å². The number of carbonyl (C=O) groups excluding carboxylic acids is 2. The van der Waals surface area contributed by atoms with Gasteiger partial charge in [0.1, 0.15) is 17.5 Å². The number of halogens is 1. The maximum Gasteiger partial charge on any atom is 0.327 e. The molecule has 2 aliphatic rings. The number of nitrogens with one attached hydrogen (secondary N) is 1. The summed E-state index contributed by atoms with van der Waals surface area (Å²) >= 11 is 8.25. The van der Waals surface area contributed by atoms with Gasteiger partial charge in [-0.1, -0.05) is 11.6 Å². The first-order valence-corrected chi connectivity index (χ1v) is 9.42. The first kappa shape index (κ1) is 18.0. The highest BCUT2D eigenvalue weighted by atomic mass is 35.5. The van der Waals surface area contributed by atoms with E-state index in [-0.39, 0.29) is 5.57 Å². The molecule has 8 nitrogen and oxygen atoms in total. The fourth-order valence-corrected chi connectivity index (χ4v) is 5.40. The van der Waals surface area contributed by atoms with Crippen molar-refractivity contribution in [2.45, 2.75) is 36.1 Å². The van der Waals surface area contributed by atoms with Crippen molar-refractivity contribution in [2.24, 2.45) is 0 Å². The third kappa shape index (κ3) is 2.87. The van der Waals surface area contributed by atoms with Crippen LogP contribution in [-0.2, 0) is 14.4 Å². The number of aromatic nitrogens is 1. The van der Waals surface area contributed by atoms with E-state index in [1.54, 1.807) is 19.2 Å². The van der Waals surface area contributed by atoms with Gasteiger partial charge in [-0.15, -0.1) is 23.1 Å². The summed E-state index contributed by atoms with van der Waals surface area (Å²) in [5, 5.41) is 13.5. The number of thiazole rings is 1. The molecular formula is C14H15ClN4O4S2. The number of nitrogens with two attached hydrogens (primary N) is 1. The molecule has 2 amide bonds. The second-order valence-electron chi connectivity index (χ2n) is 6.14. The van der Waals surface area contributed by atoms with E-state index >= 15 is 0 Å². The molecule has 4 N–H and O–H groups in total. The Morgan fingerprint density at radius 3 is 2.72 bits per heavy atom. The number of nitrogen functional groups attached to an aromatic ring is 1. The third-order valence-corrected chi connectivity index (χ3v) is 6.58. The summed E-state index contributed by atoms with van der Waals surface area (Å²) in [4.78, 5) is 41.6. The molecule has 0 bridgehead atoms. The van der Waals surface area contributed by atoms with Gasteiger partial charge in [0.2, 0.25) is 5.91 Å². The fraction of sp³-hybridized carbons (Fsp3) is 0.429. The van der Waals surface area contributed by atoms with Crippen LogP contribution in [0, 0.1) is 0 Å². The number of hydrogen-bond donors (Lipinski definition) is 3. The second kappa shape index (κ2) is 6.19. The standard InChI is InChI=1S/C14H15ClN4O4S2/c1-14(2)8(12(22)23)19-10(21)7(11(19)25-14)18-9(20)5(3-15)6-4-24-13(16)17-6/h3-4,7-8,11H,1-2H3,(H2,16,17)(H,18,20)(H,22,23)/t7?,8-,11+/m0/s1. The zero-order chi connectivity index (χ0) is 18.5. The highest BCUT2D eigenvalue weighted by Gasteiger charge is 2.64. The number of carbonyl (C=O) groups is 3. The van der Waals surface area contributed by atoms with Crippen LogP contribution in [-0.4, -0.2) is 55.0 Å². The maximum absolute atomic E-state index is 12.5. The van der Waals surface area contributed by atoms with E-state index in [1.165, 1.54) is 28.0 Å². The molecule has 0 spiro atoms. The summed E-state index contributed by atoms with van der Waals surface area (Å²) in [6.07, 6.45) is 0. The predicted octanol–water partition coefficient (Wildman–Crippen LogP) is 0.937. The van der Waals surface area contributed by atoms with E-state index in [1.807, 2.05) is 0 Å². The molecule has 3 heterocycles. The first-order chi connectivity index (χ1) is 11.7. The highest BCUT2D eigenvalue weighted by molar-refractivity contribution is 8.01. The number of carboxylic acid groups (broad SMARTS) is 1. The number of amides is 2. The number of carboxylic acids is 1. The molecule has 2 fully saturated rings. The lowest BCUT2D eigenvalue weighted by atomic mass is 9.96. The molecule has 1 aromatic rings. The smallest absolute Gasteiger partial charge is 0.327 e. The van der Waals surface area contributed by atoms with Crippen molar-refractivity contribution in [3.8, 4) is 0 Å². The lowest BCUT2D eigenvalue weighted by molar-refractivity contribution is -0.160. The molecule has 0 aliphatic carbocycles. The zero-order valence-electron chi connectivity index (χ0n) is 13.2. The molecule has 0 aromatic carbocycles. The maximum atomic E-state index is 12.5. The van der Waals surface area contributed by atoms with Crippen molar-refractivity contribution >= 4 is 63.2 Å². The number of hydrogen-bond acceptors (Lipinski definition) is 7. The van der Waals surface area contributed by atoms with E-state index in [9.17, 15) is 19.5 Å². The quantitative estimate of drug-likeness (QED) is 0.505. The van der Waals surface area contributed by atoms with Crippen molar-refractivity contribution in [3.63, 3.8) is 0 Å². The van der Waals surface area contributed by atoms with Crippen molar-refractivity contribution in [3.05, 3.63) is 16.6 Å². The first-order valence-electron chi connectivity index (χ1n) is 7.23. The molecule has 3 rings (SSSR count). The van der Waals surface area contributed by atoms with Crippen LogP contribution in [0.2, 0.25) is 0 Å². The monoisotopic (exact) mass is 402 g/mol. The van der Waals surface area contributed by atoms with Gasteiger partial charge in [-0.05, 0) is 13.8 Å². The summed E-state index contributed by atoms with van der Waals surface area (Å²) in [5.74, 6) is -2.04. The second-order valence-corrected chi connectivity index (χ2v) is 9.02. The summed E-state index contributed by atoms with van der Waals surface area (Å²) in [5.41, 5.74) is 7.06. The fourth-order valence-electron chi connectivity index (χ4n) is 3.00. The van der Waals surface area contributed by atoms with Crippen molar-refractivity contribution in [2.75, 3.05) is 5.73 Å². The van der Waals surface area contributed by atoms with Crippen LogP contribution in [0.3, 0.4) is 0 Å².